The third kappa shape index (κ3) is 0.916. The summed E-state index contributed by atoms with van der Waals surface area (Å²) in [6.45, 7) is 4.19. The van der Waals surface area contributed by atoms with Gasteiger partial charge in [0.15, 0.2) is 5.58 Å². The van der Waals surface area contributed by atoms with Gasteiger partial charge in [0.1, 0.15) is 0 Å². The Morgan fingerprint density at radius 2 is 2.25 bits per heavy atom. The van der Waals surface area contributed by atoms with Crippen LogP contribution in [-0.2, 0) is 6.42 Å². The molecule has 2 heteroatoms. The molecule has 0 saturated heterocycles. The summed E-state index contributed by atoms with van der Waals surface area (Å²) < 4.78 is 5.17. The van der Waals surface area contributed by atoms with Crippen molar-refractivity contribution in [2.24, 2.45) is 0 Å². The molecule has 0 atom stereocenters. The van der Waals surface area contributed by atoms with Gasteiger partial charge >= 0.3 is 0 Å². The van der Waals surface area contributed by atoms with Crippen LogP contribution in [0.2, 0.25) is 0 Å². The maximum atomic E-state index is 5.17. The van der Waals surface area contributed by atoms with E-state index in [1.54, 1.807) is 6.20 Å². The van der Waals surface area contributed by atoms with Gasteiger partial charge in [-0.25, -0.2) is 0 Å². The van der Waals surface area contributed by atoms with Crippen LogP contribution in [0.25, 0.3) is 11.0 Å². The van der Waals surface area contributed by atoms with Crippen molar-refractivity contribution in [3.63, 3.8) is 0 Å². The van der Waals surface area contributed by atoms with Gasteiger partial charge in [-0.1, -0.05) is 24.2 Å². The molecule has 0 radical (unpaired) electrons. The summed E-state index contributed by atoms with van der Waals surface area (Å²) in [4.78, 5) is 0. The molecule has 0 saturated carbocycles. The number of nitrogens with zero attached hydrogens (tertiary/aromatic N) is 1. The van der Waals surface area contributed by atoms with E-state index >= 15 is 0 Å². The molecule has 2 nitrogen and oxygen atoms in total. The smallest absolute Gasteiger partial charge is 0.170 e. The maximum Gasteiger partial charge on any atom is 0.170 e. The zero-order valence-electron chi connectivity index (χ0n) is 7.29. The van der Waals surface area contributed by atoms with Crippen LogP contribution in [-0.4, -0.2) is 5.16 Å². The number of hydrogen-bond acceptors (Lipinski definition) is 2. The second-order valence-electron chi connectivity index (χ2n) is 2.96. The van der Waals surface area contributed by atoms with E-state index in [-0.39, 0.29) is 0 Å². The minimum absolute atomic E-state index is 0.942. The third-order valence-electron chi connectivity index (χ3n) is 2.20. The minimum Gasteiger partial charge on any atom is -0.356 e. The Morgan fingerprint density at radius 1 is 1.42 bits per heavy atom. The summed E-state index contributed by atoms with van der Waals surface area (Å²) in [5.74, 6) is 0. The van der Waals surface area contributed by atoms with Crippen molar-refractivity contribution in [3.05, 3.63) is 29.5 Å². The van der Waals surface area contributed by atoms with Gasteiger partial charge in [0.25, 0.3) is 0 Å². The zero-order chi connectivity index (χ0) is 8.55. The Labute approximate surface area is 71.2 Å². The molecule has 0 bridgehead atoms. The summed E-state index contributed by atoms with van der Waals surface area (Å²) >= 11 is 0. The maximum absolute atomic E-state index is 5.17. The molecule has 0 spiro atoms. The molecule has 1 aromatic carbocycles. The minimum atomic E-state index is 0.942. The number of aromatic nitrogens is 1. The molecule has 0 aliphatic heterocycles. The molecular weight excluding hydrogens is 150 g/mol. The van der Waals surface area contributed by atoms with Crippen molar-refractivity contribution in [2.45, 2.75) is 20.3 Å². The Morgan fingerprint density at radius 3 is 3.00 bits per heavy atom. The van der Waals surface area contributed by atoms with E-state index < -0.39 is 0 Å². The molecule has 0 N–H and O–H groups in total. The largest absolute Gasteiger partial charge is 0.356 e. The van der Waals surface area contributed by atoms with E-state index in [9.17, 15) is 0 Å². The first kappa shape index (κ1) is 7.35. The predicted octanol–water partition coefficient (Wildman–Crippen LogP) is 2.70. The van der Waals surface area contributed by atoms with Crippen LogP contribution >= 0.6 is 0 Å². The monoisotopic (exact) mass is 161 g/mol. The SMILES string of the molecule is CCc1ccc(C)c2cnoc12. The second kappa shape index (κ2) is 2.63. The molecule has 0 aliphatic carbocycles. The molecule has 1 aromatic heterocycles. The second-order valence-corrected chi connectivity index (χ2v) is 2.96. The van der Waals surface area contributed by atoms with E-state index in [4.69, 9.17) is 4.52 Å². The van der Waals surface area contributed by atoms with Gasteiger partial charge in [-0.15, -0.1) is 0 Å². The van der Waals surface area contributed by atoms with E-state index in [1.165, 1.54) is 11.1 Å². The van der Waals surface area contributed by atoms with E-state index in [0.29, 0.717) is 0 Å². The zero-order valence-corrected chi connectivity index (χ0v) is 7.29. The van der Waals surface area contributed by atoms with Crippen molar-refractivity contribution in [2.75, 3.05) is 0 Å². The first-order valence-electron chi connectivity index (χ1n) is 4.15. The highest BCUT2D eigenvalue weighted by atomic mass is 16.5. The average Bonchev–Trinajstić information content (AvgIpc) is 2.54. The lowest BCUT2D eigenvalue weighted by Gasteiger charge is -1.98. The summed E-state index contributed by atoms with van der Waals surface area (Å²) in [5, 5.41) is 4.93. The van der Waals surface area contributed by atoms with Crippen LogP contribution in [0.5, 0.6) is 0 Å². The van der Waals surface area contributed by atoms with Crippen LogP contribution in [0, 0.1) is 6.92 Å². The fourth-order valence-corrected chi connectivity index (χ4v) is 1.42. The van der Waals surface area contributed by atoms with Gasteiger partial charge in [-0.3, -0.25) is 0 Å². The lowest BCUT2D eigenvalue weighted by Crippen LogP contribution is -1.82. The first-order valence-corrected chi connectivity index (χ1v) is 4.15. The van der Waals surface area contributed by atoms with Crippen LogP contribution in [0.1, 0.15) is 18.1 Å². The number of benzene rings is 1. The molecule has 2 rings (SSSR count). The third-order valence-corrected chi connectivity index (χ3v) is 2.20. The summed E-state index contributed by atoms with van der Waals surface area (Å²) in [6, 6.07) is 4.21. The average molecular weight is 161 g/mol. The van der Waals surface area contributed by atoms with Gasteiger partial charge < -0.3 is 4.52 Å². The topological polar surface area (TPSA) is 26.0 Å². The first-order chi connectivity index (χ1) is 5.83. The Hall–Kier alpha value is -1.31. The fraction of sp³-hybridized carbons (Fsp3) is 0.300. The summed E-state index contributed by atoms with van der Waals surface area (Å²) in [6.07, 6.45) is 2.77. The quantitative estimate of drug-likeness (QED) is 0.642. The number of fused-ring (bicyclic) bond motifs is 1. The lowest BCUT2D eigenvalue weighted by atomic mass is 10.1. The Bertz CT molecular complexity index is 403. The highest BCUT2D eigenvalue weighted by molar-refractivity contribution is 5.82. The molecule has 0 aliphatic rings. The molecule has 0 amide bonds. The van der Waals surface area contributed by atoms with Crippen molar-refractivity contribution in [3.8, 4) is 0 Å². The molecule has 2 aromatic rings. The van der Waals surface area contributed by atoms with Crippen LogP contribution in [0.4, 0.5) is 0 Å². The standard InChI is InChI=1S/C10H11NO/c1-3-8-5-4-7(2)9-6-11-12-10(8)9/h4-6H,3H2,1-2H3. The highest BCUT2D eigenvalue weighted by Crippen LogP contribution is 2.21. The van der Waals surface area contributed by atoms with E-state index in [1.807, 2.05) is 0 Å². The summed E-state index contributed by atoms with van der Waals surface area (Å²) in [5.41, 5.74) is 3.40. The van der Waals surface area contributed by atoms with Crippen LogP contribution in [0.3, 0.4) is 0 Å². The van der Waals surface area contributed by atoms with Gasteiger partial charge in [0, 0.05) is 5.39 Å². The van der Waals surface area contributed by atoms with E-state index in [0.717, 1.165) is 17.4 Å². The van der Waals surface area contributed by atoms with Gasteiger partial charge in [0.05, 0.1) is 6.20 Å². The Kier molecular flexibility index (Phi) is 1.61. The fourth-order valence-electron chi connectivity index (χ4n) is 1.42. The number of rotatable bonds is 1. The van der Waals surface area contributed by atoms with Crippen LogP contribution < -0.4 is 0 Å². The number of aryl methyl sites for hydroxylation is 2. The normalized spacial score (nSPS) is 10.8. The van der Waals surface area contributed by atoms with E-state index in [2.05, 4.69) is 31.1 Å². The molecular formula is C10H11NO. The Balaban J connectivity index is 2.82. The molecule has 0 fully saturated rings. The van der Waals surface area contributed by atoms with Crippen molar-refractivity contribution in [1.82, 2.24) is 5.16 Å². The van der Waals surface area contributed by atoms with Crippen molar-refractivity contribution < 1.29 is 4.52 Å². The van der Waals surface area contributed by atoms with Gasteiger partial charge in [-0.2, -0.15) is 0 Å². The van der Waals surface area contributed by atoms with Crippen molar-refractivity contribution in [1.29, 1.82) is 0 Å². The lowest BCUT2D eigenvalue weighted by molar-refractivity contribution is 0.454. The highest BCUT2D eigenvalue weighted by Gasteiger charge is 2.05. The molecule has 1 heterocycles. The van der Waals surface area contributed by atoms with Gasteiger partial charge in [-0.05, 0) is 24.5 Å². The summed E-state index contributed by atoms with van der Waals surface area (Å²) in [7, 11) is 0. The molecule has 12 heavy (non-hydrogen) atoms. The van der Waals surface area contributed by atoms with Gasteiger partial charge in [0.2, 0.25) is 0 Å². The van der Waals surface area contributed by atoms with Crippen LogP contribution in [0.15, 0.2) is 22.9 Å². The number of hydrogen-bond donors (Lipinski definition) is 0. The molecule has 62 valence electrons. The van der Waals surface area contributed by atoms with Crippen molar-refractivity contribution >= 4 is 11.0 Å². The molecule has 0 unspecified atom stereocenters. The predicted molar refractivity (Wildman–Crippen MR) is 48.1 cm³/mol.